The van der Waals surface area contributed by atoms with E-state index in [0.29, 0.717) is 18.9 Å². The Bertz CT molecular complexity index is 667. The molecule has 0 atom stereocenters. The molecule has 21 heavy (non-hydrogen) atoms. The quantitative estimate of drug-likeness (QED) is 0.889. The molecule has 1 aromatic heterocycles. The van der Waals surface area contributed by atoms with Gasteiger partial charge in [0, 0.05) is 25.5 Å². The fraction of sp³-hybridized carbons (Fsp3) is 0.375. The van der Waals surface area contributed by atoms with Crippen LogP contribution in [0.2, 0.25) is 0 Å². The molecule has 0 aliphatic carbocycles. The smallest absolute Gasteiger partial charge is 0.293 e. The second-order valence-electron chi connectivity index (χ2n) is 5.02. The Morgan fingerprint density at radius 1 is 1.38 bits per heavy atom. The maximum Gasteiger partial charge on any atom is 0.293 e. The lowest BCUT2D eigenvalue weighted by atomic mass is 10.1. The number of nitrogens with one attached hydrogen (secondary N) is 1. The van der Waals surface area contributed by atoms with Crippen LogP contribution >= 0.6 is 0 Å². The molecule has 4 nitrogen and oxygen atoms in total. The van der Waals surface area contributed by atoms with Crippen LogP contribution < -0.4 is 10.9 Å². The van der Waals surface area contributed by atoms with Crippen LogP contribution in [0.15, 0.2) is 35.4 Å². The van der Waals surface area contributed by atoms with Crippen LogP contribution in [0.5, 0.6) is 0 Å². The van der Waals surface area contributed by atoms with Crippen molar-refractivity contribution in [2.24, 2.45) is 0 Å². The Morgan fingerprint density at radius 3 is 2.90 bits per heavy atom. The van der Waals surface area contributed by atoms with Gasteiger partial charge in [-0.2, -0.15) is 0 Å². The highest BCUT2D eigenvalue weighted by atomic mass is 19.1. The number of aromatic nitrogens is 2. The fourth-order valence-corrected chi connectivity index (χ4v) is 2.24. The molecule has 1 heterocycles. The largest absolute Gasteiger partial charge is 0.365 e. The van der Waals surface area contributed by atoms with Gasteiger partial charge in [-0.25, -0.2) is 9.37 Å². The van der Waals surface area contributed by atoms with E-state index < -0.39 is 0 Å². The van der Waals surface area contributed by atoms with Crippen molar-refractivity contribution < 1.29 is 4.39 Å². The van der Waals surface area contributed by atoms with Gasteiger partial charge < -0.3 is 9.88 Å². The zero-order valence-corrected chi connectivity index (χ0v) is 12.4. The number of hydrogen-bond donors (Lipinski definition) is 1. The van der Waals surface area contributed by atoms with Crippen molar-refractivity contribution in [1.82, 2.24) is 9.55 Å². The Labute approximate surface area is 123 Å². The van der Waals surface area contributed by atoms with Gasteiger partial charge in [-0.05, 0) is 43.0 Å². The van der Waals surface area contributed by atoms with Crippen molar-refractivity contribution in [2.75, 3.05) is 11.9 Å². The molecule has 0 spiro atoms. The van der Waals surface area contributed by atoms with Gasteiger partial charge in [-0.15, -0.1) is 0 Å². The maximum absolute atomic E-state index is 13.0. The third-order valence-electron chi connectivity index (χ3n) is 3.37. The molecule has 5 heteroatoms. The summed E-state index contributed by atoms with van der Waals surface area (Å²) in [5.74, 6) is 0.141. The van der Waals surface area contributed by atoms with Crippen molar-refractivity contribution in [2.45, 2.75) is 33.2 Å². The van der Waals surface area contributed by atoms with Crippen molar-refractivity contribution in [3.05, 3.63) is 57.9 Å². The first kappa shape index (κ1) is 15.2. The van der Waals surface area contributed by atoms with Gasteiger partial charge >= 0.3 is 0 Å². The minimum atomic E-state index is -0.226. The molecule has 112 valence electrons. The Balaban J connectivity index is 2.00. The van der Waals surface area contributed by atoms with E-state index >= 15 is 0 Å². The first-order valence-electron chi connectivity index (χ1n) is 7.16. The molecule has 0 saturated carbocycles. The second kappa shape index (κ2) is 7.02. The highest BCUT2D eigenvalue weighted by Crippen LogP contribution is 2.10. The first-order chi connectivity index (χ1) is 10.1. The number of benzene rings is 1. The van der Waals surface area contributed by atoms with Crippen LogP contribution in [-0.2, 0) is 13.0 Å². The molecular formula is C16H20FN3O. The molecule has 0 amide bonds. The van der Waals surface area contributed by atoms with Crippen molar-refractivity contribution >= 4 is 5.82 Å². The van der Waals surface area contributed by atoms with Gasteiger partial charge in [0.2, 0.25) is 0 Å². The van der Waals surface area contributed by atoms with E-state index in [0.717, 1.165) is 24.0 Å². The summed E-state index contributed by atoms with van der Waals surface area (Å²) in [6.45, 7) is 5.18. The van der Waals surface area contributed by atoms with Crippen LogP contribution in [0.3, 0.4) is 0 Å². The lowest BCUT2D eigenvalue weighted by Gasteiger charge is -2.09. The number of anilines is 1. The number of aryl methyl sites for hydroxylation is 2. The molecule has 0 bridgehead atoms. The average molecular weight is 289 g/mol. The van der Waals surface area contributed by atoms with E-state index in [9.17, 15) is 9.18 Å². The normalized spacial score (nSPS) is 10.6. The second-order valence-corrected chi connectivity index (χ2v) is 5.02. The Hall–Kier alpha value is -2.17. The molecule has 2 aromatic rings. The van der Waals surface area contributed by atoms with E-state index in [1.807, 2.05) is 13.8 Å². The molecule has 0 unspecified atom stereocenters. The third-order valence-corrected chi connectivity index (χ3v) is 3.37. The molecule has 1 aromatic carbocycles. The van der Waals surface area contributed by atoms with Crippen LogP contribution in [0.1, 0.15) is 24.5 Å². The van der Waals surface area contributed by atoms with Gasteiger partial charge in [0.05, 0.1) is 0 Å². The van der Waals surface area contributed by atoms with Crippen LogP contribution in [-0.4, -0.2) is 16.1 Å². The van der Waals surface area contributed by atoms with Crippen LogP contribution in [0, 0.1) is 12.7 Å². The van der Waals surface area contributed by atoms with Crippen molar-refractivity contribution in [3.8, 4) is 0 Å². The first-order valence-corrected chi connectivity index (χ1v) is 7.16. The molecule has 0 radical (unpaired) electrons. The number of rotatable bonds is 6. The number of hydrogen-bond acceptors (Lipinski definition) is 3. The van der Waals surface area contributed by atoms with E-state index in [-0.39, 0.29) is 11.4 Å². The molecule has 0 aliphatic heterocycles. The van der Waals surface area contributed by atoms with Gasteiger partial charge in [0.15, 0.2) is 5.82 Å². The molecule has 1 N–H and O–H groups in total. The minimum absolute atomic E-state index is 0.102. The molecule has 0 saturated heterocycles. The van der Waals surface area contributed by atoms with E-state index in [1.165, 1.54) is 12.1 Å². The lowest BCUT2D eigenvalue weighted by Crippen LogP contribution is -2.25. The monoisotopic (exact) mass is 289 g/mol. The van der Waals surface area contributed by atoms with Crippen molar-refractivity contribution in [1.29, 1.82) is 0 Å². The topological polar surface area (TPSA) is 46.9 Å². The highest BCUT2D eigenvalue weighted by molar-refractivity contribution is 5.32. The average Bonchev–Trinajstić information content (AvgIpc) is 2.45. The summed E-state index contributed by atoms with van der Waals surface area (Å²) < 4.78 is 14.7. The standard InChI is InChI=1S/C16H20FN3O/c1-3-9-20-10-8-19-15(16(20)21)18-7-6-13-4-5-14(17)11-12(13)2/h4-5,8,10-11H,3,6-7,9H2,1-2H3,(H,18,19). The highest BCUT2D eigenvalue weighted by Gasteiger charge is 2.05. The van der Waals surface area contributed by atoms with Gasteiger partial charge in [-0.1, -0.05) is 13.0 Å². The number of nitrogens with zero attached hydrogens (tertiary/aromatic N) is 2. The van der Waals surface area contributed by atoms with Crippen LogP contribution in [0.4, 0.5) is 10.2 Å². The Morgan fingerprint density at radius 2 is 2.19 bits per heavy atom. The third kappa shape index (κ3) is 3.90. The van der Waals surface area contributed by atoms with Crippen LogP contribution in [0.25, 0.3) is 0 Å². The number of halogens is 1. The zero-order chi connectivity index (χ0) is 15.2. The SMILES string of the molecule is CCCn1ccnc(NCCc2ccc(F)cc2C)c1=O. The minimum Gasteiger partial charge on any atom is -0.365 e. The van der Waals surface area contributed by atoms with E-state index in [1.54, 1.807) is 23.0 Å². The van der Waals surface area contributed by atoms with Gasteiger partial charge in [0.25, 0.3) is 5.56 Å². The molecule has 0 aliphatic rings. The molecule has 0 fully saturated rings. The maximum atomic E-state index is 13.0. The van der Waals surface area contributed by atoms with Gasteiger partial charge in [-0.3, -0.25) is 4.79 Å². The summed E-state index contributed by atoms with van der Waals surface area (Å²) >= 11 is 0. The fourth-order valence-electron chi connectivity index (χ4n) is 2.24. The summed E-state index contributed by atoms with van der Waals surface area (Å²) in [4.78, 5) is 16.2. The Kier molecular flexibility index (Phi) is 5.09. The summed E-state index contributed by atoms with van der Waals surface area (Å²) in [7, 11) is 0. The lowest BCUT2D eigenvalue weighted by molar-refractivity contribution is 0.625. The summed E-state index contributed by atoms with van der Waals surface area (Å²) in [6, 6.07) is 4.75. The van der Waals surface area contributed by atoms with Crippen molar-refractivity contribution in [3.63, 3.8) is 0 Å². The molecule has 2 rings (SSSR count). The van der Waals surface area contributed by atoms with Gasteiger partial charge in [0.1, 0.15) is 5.82 Å². The summed E-state index contributed by atoms with van der Waals surface area (Å²) in [5.41, 5.74) is 1.88. The predicted molar refractivity (Wildman–Crippen MR) is 82.1 cm³/mol. The summed E-state index contributed by atoms with van der Waals surface area (Å²) in [5, 5.41) is 3.06. The van der Waals surface area contributed by atoms with E-state index in [2.05, 4.69) is 10.3 Å². The molecular weight excluding hydrogens is 269 g/mol. The predicted octanol–water partition coefficient (Wildman–Crippen LogP) is 2.76. The summed E-state index contributed by atoms with van der Waals surface area (Å²) in [6.07, 6.45) is 4.94. The van der Waals surface area contributed by atoms with E-state index in [4.69, 9.17) is 0 Å². The zero-order valence-electron chi connectivity index (χ0n) is 12.4.